The van der Waals surface area contributed by atoms with Crippen LogP contribution in [0.2, 0.25) is 0 Å². The van der Waals surface area contributed by atoms with Gasteiger partial charge in [0, 0.05) is 0 Å². The largest absolute Gasteiger partial charge is 3.00 e. The fourth-order valence-corrected chi connectivity index (χ4v) is 0. The second-order valence-corrected chi connectivity index (χ2v) is 0. The van der Waals surface area contributed by atoms with Crippen LogP contribution < -0.4 is 0 Å². The third-order valence-corrected chi connectivity index (χ3v) is 0. The Morgan fingerprint density at radius 3 is 0.250 bits per heavy atom. The van der Waals surface area contributed by atoms with Gasteiger partial charge in [-0.25, -0.2) is 0 Å². The van der Waals surface area contributed by atoms with Crippen LogP contribution in [-0.4, -0.2) is 130 Å². The molecule has 0 aliphatic carbocycles. The summed E-state index contributed by atoms with van der Waals surface area (Å²) in [4.78, 5) is 0. The molecule has 0 aromatic carbocycles. The summed E-state index contributed by atoms with van der Waals surface area (Å²) in [6.07, 6.45) is 0. The Morgan fingerprint density at radius 2 is 0.250 bits per heavy atom. The molecule has 0 aromatic heterocycles. The molecule has 0 aromatic rings. The van der Waals surface area contributed by atoms with Gasteiger partial charge in [-0.15, -0.1) is 0 Å². The minimum atomic E-state index is 0. The first-order chi connectivity index (χ1) is 0. The van der Waals surface area contributed by atoms with Crippen molar-refractivity contribution in [3.05, 3.63) is 0 Å². The van der Waals surface area contributed by atoms with Crippen LogP contribution in [0.15, 0.2) is 0 Å². The van der Waals surface area contributed by atoms with E-state index in [1.165, 1.54) is 0 Å². The van der Waals surface area contributed by atoms with Crippen LogP contribution in [0, 0.1) is 0 Å². The molecule has 0 spiro atoms. The zero-order chi connectivity index (χ0) is 0. The topological polar surface area (TPSA) is 240 Å². The molecule has 0 saturated carbocycles. The van der Waals surface area contributed by atoms with Gasteiger partial charge < -0.3 is 43.8 Å². The third-order valence-electron chi connectivity index (χ3n) is 0. The molecule has 0 atom stereocenters. The molecule has 0 heterocycles. The van der Waals surface area contributed by atoms with Crippen LogP contribution in [0.3, 0.4) is 0 Å². The monoisotopic (exact) mass is 235 g/mol. The summed E-state index contributed by atoms with van der Waals surface area (Å²) in [6.45, 7) is 0. The molecular weight excluding hydrogens is 228 g/mol. The second-order valence-electron chi connectivity index (χ2n) is 0. The normalized spacial score (nSPS) is 0. The zero-order valence-corrected chi connectivity index (χ0v) is 11.7. The van der Waals surface area contributed by atoms with Crippen molar-refractivity contribution < 1.29 is 43.8 Å². The maximum atomic E-state index is 0. The van der Waals surface area contributed by atoms with Gasteiger partial charge in [0.05, 0.1) is 0 Å². The van der Waals surface area contributed by atoms with Crippen molar-refractivity contribution in [1.82, 2.24) is 0 Å². The van der Waals surface area contributed by atoms with Crippen molar-refractivity contribution in [3.63, 3.8) is 0 Å². The van der Waals surface area contributed by atoms with Crippen LogP contribution in [-0.2, 0) is 0 Å². The fourth-order valence-electron chi connectivity index (χ4n) is 0. The molecular formula is H8AlMg3O8+. The first-order valence-electron chi connectivity index (χ1n) is 0. The van der Waals surface area contributed by atoms with Crippen LogP contribution in [0.4, 0.5) is 0 Å². The summed E-state index contributed by atoms with van der Waals surface area (Å²) >= 11 is 0. The van der Waals surface area contributed by atoms with Crippen LogP contribution in [0.5, 0.6) is 0 Å². The smallest absolute Gasteiger partial charge is 0.870 e. The van der Waals surface area contributed by atoms with E-state index >= 15 is 0 Å². The average Bonchev–Trinajstić information content (AvgIpc) is 0. The van der Waals surface area contributed by atoms with E-state index in [9.17, 15) is 0 Å². The Balaban J connectivity index is 0. The van der Waals surface area contributed by atoms with Crippen LogP contribution in [0.25, 0.3) is 0 Å². The number of rotatable bonds is 0. The minimum absolute atomic E-state index is 0. The van der Waals surface area contributed by atoms with Gasteiger partial charge in [-0.2, -0.15) is 0 Å². The van der Waals surface area contributed by atoms with Gasteiger partial charge in [0.15, 0.2) is 0 Å². The second kappa shape index (κ2) is 335. The Hall–Kier alpha value is 2.51. The fraction of sp³-hybridized carbons (Fsp3) is 0. The molecule has 0 bridgehead atoms. The molecule has 0 aliphatic rings. The SMILES string of the molecule is [Al+3].[Mg+2].[Mg+2].[Mg+2].[OH-].[OH-].[OH-].[OH-].[OH-].[OH-].[OH-].[OH-]. The van der Waals surface area contributed by atoms with Crippen molar-refractivity contribution in [3.8, 4) is 0 Å². The molecule has 0 rings (SSSR count). The van der Waals surface area contributed by atoms with E-state index in [0.717, 1.165) is 0 Å². The maximum Gasteiger partial charge on any atom is 3.00 e. The van der Waals surface area contributed by atoms with E-state index in [0.29, 0.717) is 0 Å². The standard InChI is InChI=1S/Al.3Mg.8H2O/h;;;;8*1H2/q+3;3*+2;;;;;;;;/p-8. The maximum absolute atomic E-state index is 0. The molecule has 0 fully saturated rings. The Morgan fingerprint density at radius 1 is 0.250 bits per heavy atom. The van der Waals surface area contributed by atoms with E-state index in [1.54, 1.807) is 0 Å². The number of hydrogen-bond acceptors (Lipinski definition) is 8. The molecule has 0 saturated heterocycles. The van der Waals surface area contributed by atoms with E-state index in [4.69, 9.17) is 0 Å². The quantitative estimate of drug-likeness (QED) is 0.392. The third kappa shape index (κ3) is 263. The van der Waals surface area contributed by atoms with E-state index in [2.05, 4.69) is 0 Å². The van der Waals surface area contributed by atoms with Crippen molar-refractivity contribution in [2.24, 2.45) is 0 Å². The summed E-state index contributed by atoms with van der Waals surface area (Å²) in [5.41, 5.74) is 0. The summed E-state index contributed by atoms with van der Waals surface area (Å²) in [7, 11) is 0. The Labute approximate surface area is 129 Å². The van der Waals surface area contributed by atoms with Gasteiger partial charge in [-0.05, 0) is 0 Å². The van der Waals surface area contributed by atoms with Crippen molar-refractivity contribution in [2.75, 3.05) is 0 Å². The van der Waals surface area contributed by atoms with Gasteiger partial charge >= 0.3 is 86.5 Å². The first kappa shape index (κ1) is 420. The first-order valence-corrected chi connectivity index (χ1v) is 0. The Bertz CT molecular complexity index is 14.3. The van der Waals surface area contributed by atoms with E-state index in [1.807, 2.05) is 0 Å². The summed E-state index contributed by atoms with van der Waals surface area (Å²) in [5.74, 6) is 0. The van der Waals surface area contributed by atoms with Crippen molar-refractivity contribution in [2.45, 2.75) is 0 Å². The molecule has 12 heteroatoms. The van der Waals surface area contributed by atoms with Gasteiger partial charge in [0.2, 0.25) is 0 Å². The molecule has 0 aliphatic heterocycles. The molecule has 0 radical (unpaired) electrons. The average molecular weight is 236 g/mol. The van der Waals surface area contributed by atoms with E-state index < -0.39 is 0 Å². The molecule has 0 unspecified atom stereocenters. The molecule has 8 N–H and O–H groups in total. The molecule has 12 heavy (non-hydrogen) atoms. The van der Waals surface area contributed by atoms with Crippen LogP contribution >= 0.6 is 0 Å². The van der Waals surface area contributed by atoms with Crippen molar-refractivity contribution >= 4 is 86.5 Å². The molecule has 0 amide bonds. The minimum Gasteiger partial charge on any atom is -0.870 e. The van der Waals surface area contributed by atoms with Crippen molar-refractivity contribution in [1.29, 1.82) is 0 Å². The van der Waals surface area contributed by atoms with Crippen LogP contribution in [0.1, 0.15) is 0 Å². The van der Waals surface area contributed by atoms with Gasteiger partial charge in [0.25, 0.3) is 0 Å². The molecule has 64 valence electrons. The summed E-state index contributed by atoms with van der Waals surface area (Å²) < 4.78 is 0. The van der Waals surface area contributed by atoms with Gasteiger partial charge in [0.1, 0.15) is 0 Å². The predicted molar refractivity (Wildman–Crippen MR) is 38.5 cm³/mol. The Kier molecular flexibility index (Phi) is 11700. The number of hydrogen-bond donors (Lipinski definition) is 0. The predicted octanol–water partition coefficient (Wildman–Crippen LogP) is -2.94. The van der Waals surface area contributed by atoms with Gasteiger partial charge in [-0.3, -0.25) is 0 Å². The zero-order valence-electron chi connectivity index (χ0n) is 6.28. The van der Waals surface area contributed by atoms with E-state index in [-0.39, 0.29) is 130 Å². The summed E-state index contributed by atoms with van der Waals surface area (Å²) in [6, 6.07) is 0. The molecule has 8 nitrogen and oxygen atoms in total. The van der Waals surface area contributed by atoms with Gasteiger partial charge in [-0.1, -0.05) is 0 Å². The summed E-state index contributed by atoms with van der Waals surface area (Å²) in [5, 5.41) is 0.